The highest BCUT2D eigenvalue weighted by Gasteiger charge is 2.08. The summed E-state index contributed by atoms with van der Waals surface area (Å²) < 4.78 is 0. The van der Waals surface area contributed by atoms with E-state index in [2.05, 4.69) is 20.9 Å². The molecule has 0 spiro atoms. The molecular weight excluding hydrogens is 290 g/mol. The van der Waals surface area contributed by atoms with Crippen molar-refractivity contribution < 1.29 is 5.11 Å². The zero-order chi connectivity index (χ0) is 16.6. The Hall–Kier alpha value is -0.240. The highest BCUT2D eigenvalue weighted by atomic mass is 16.3. The lowest BCUT2D eigenvalue weighted by molar-refractivity contribution is 0.180. The van der Waals surface area contributed by atoms with Crippen LogP contribution >= 0.6 is 0 Å². The maximum Gasteiger partial charge on any atom is 0.0558 e. The third kappa shape index (κ3) is 11.9. The van der Waals surface area contributed by atoms with E-state index in [4.69, 9.17) is 10.8 Å². The van der Waals surface area contributed by atoms with Crippen LogP contribution in [-0.4, -0.2) is 81.6 Å². The van der Waals surface area contributed by atoms with Gasteiger partial charge in [-0.25, -0.2) is 0 Å². The maximum atomic E-state index is 8.56. The summed E-state index contributed by atoms with van der Waals surface area (Å²) in [6, 6.07) is 0.615. The third-order valence-electron chi connectivity index (χ3n) is 4.53. The minimum Gasteiger partial charge on any atom is -0.395 e. The molecule has 3 fully saturated rings. The van der Waals surface area contributed by atoms with Crippen LogP contribution in [0.25, 0.3) is 0 Å². The average Bonchev–Trinajstić information content (AvgIpc) is 2.66. The summed E-state index contributed by atoms with van der Waals surface area (Å²) in [5.74, 6) is 0. The van der Waals surface area contributed by atoms with Crippen molar-refractivity contribution in [3.05, 3.63) is 0 Å². The first kappa shape index (κ1) is 20.8. The van der Waals surface area contributed by atoms with E-state index in [-0.39, 0.29) is 0 Å². The van der Waals surface area contributed by atoms with Gasteiger partial charge in [0.25, 0.3) is 0 Å². The molecule has 3 aliphatic rings. The van der Waals surface area contributed by atoms with Crippen molar-refractivity contribution in [1.29, 1.82) is 0 Å². The number of rotatable bonds is 3. The van der Waals surface area contributed by atoms with Crippen molar-refractivity contribution in [2.24, 2.45) is 5.73 Å². The lowest BCUT2D eigenvalue weighted by Crippen LogP contribution is -2.44. The molecule has 23 heavy (non-hydrogen) atoms. The van der Waals surface area contributed by atoms with Gasteiger partial charge in [-0.2, -0.15) is 0 Å². The number of piperazine rings is 1. The van der Waals surface area contributed by atoms with E-state index in [1.807, 2.05) is 0 Å². The summed E-state index contributed by atoms with van der Waals surface area (Å²) in [6.45, 7) is 9.91. The molecule has 3 aliphatic heterocycles. The Kier molecular flexibility index (Phi) is 13.8. The zero-order valence-corrected chi connectivity index (χ0v) is 14.9. The van der Waals surface area contributed by atoms with Crippen molar-refractivity contribution >= 4 is 0 Å². The van der Waals surface area contributed by atoms with E-state index in [9.17, 15) is 0 Å². The topological polar surface area (TPSA) is 85.6 Å². The Morgan fingerprint density at radius 1 is 0.870 bits per heavy atom. The lowest BCUT2D eigenvalue weighted by Gasteiger charge is -2.25. The molecule has 3 saturated heterocycles. The van der Waals surface area contributed by atoms with Gasteiger partial charge < -0.3 is 26.8 Å². The number of nitrogens with two attached hydrogens (primary N) is 1. The maximum absolute atomic E-state index is 8.56. The number of piperidine rings is 2. The van der Waals surface area contributed by atoms with E-state index in [1.165, 1.54) is 58.2 Å². The van der Waals surface area contributed by atoms with Gasteiger partial charge in [0.2, 0.25) is 0 Å². The largest absolute Gasteiger partial charge is 0.395 e. The predicted molar refractivity (Wildman–Crippen MR) is 97.8 cm³/mol. The second kappa shape index (κ2) is 15.3. The molecule has 0 bridgehead atoms. The predicted octanol–water partition coefficient (Wildman–Crippen LogP) is -0.269. The van der Waals surface area contributed by atoms with Crippen molar-refractivity contribution in [2.45, 2.75) is 44.6 Å². The van der Waals surface area contributed by atoms with E-state index in [1.54, 1.807) is 0 Å². The fraction of sp³-hybridized carbons (Fsp3) is 1.00. The first-order valence-corrected chi connectivity index (χ1v) is 9.55. The second-order valence-electron chi connectivity index (χ2n) is 6.51. The van der Waals surface area contributed by atoms with Gasteiger partial charge in [0.1, 0.15) is 0 Å². The molecule has 1 unspecified atom stereocenters. The number of nitrogens with one attached hydrogen (secondary N) is 3. The molecule has 3 rings (SSSR count). The molecule has 0 aliphatic carbocycles. The summed E-state index contributed by atoms with van der Waals surface area (Å²) >= 11 is 0. The molecular formula is C17H39N5O. The molecule has 0 radical (unpaired) electrons. The quantitative estimate of drug-likeness (QED) is 0.490. The summed E-state index contributed by atoms with van der Waals surface area (Å²) in [5.41, 5.74) is 5.44. The number of hydrogen-bond donors (Lipinski definition) is 5. The van der Waals surface area contributed by atoms with Crippen LogP contribution in [0.4, 0.5) is 0 Å². The first-order chi connectivity index (χ1) is 11.4. The summed E-state index contributed by atoms with van der Waals surface area (Å²) in [7, 11) is 0. The molecule has 3 heterocycles. The summed E-state index contributed by atoms with van der Waals surface area (Å²) in [6.07, 6.45) is 8.18. The van der Waals surface area contributed by atoms with Crippen LogP contribution in [0, 0.1) is 0 Å². The molecule has 6 N–H and O–H groups in total. The first-order valence-electron chi connectivity index (χ1n) is 9.55. The number of nitrogens with zero attached hydrogens (tertiary/aromatic N) is 1. The van der Waals surface area contributed by atoms with Crippen LogP contribution in [0.15, 0.2) is 0 Å². The SMILES string of the molecule is C1CCNCC1.NCC1CCCCN1.OCCN1CCNCC1. The normalized spacial score (nSPS) is 25.6. The van der Waals surface area contributed by atoms with Gasteiger partial charge in [-0.3, -0.25) is 4.90 Å². The number of aliphatic hydroxyl groups excluding tert-OH is 1. The zero-order valence-electron chi connectivity index (χ0n) is 14.9. The Bertz CT molecular complexity index is 225. The van der Waals surface area contributed by atoms with Crippen LogP contribution in [0.5, 0.6) is 0 Å². The van der Waals surface area contributed by atoms with Crippen LogP contribution in [0.3, 0.4) is 0 Å². The smallest absolute Gasteiger partial charge is 0.0558 e. The lowest BCUT2D eigenvalue weighted by atomic mass is 10.1. The highest BCUT2D eigenvalue weighted by molar-refractivity contribution is 4.71. The van der Waals surface area contributed by atoms with Crippen molar-refractivity contribution in [1.82, 2.24) is 20.9 Å². The Labute approximate surface area is 142 Å². The third-order valence-corrected chi connectivity index (χ3v) is 4.53. The average molecular weight is 330 g/mol. The van der Waals surface area contributed by atoms with Crippen molar-refractivity contribution in [2.75, 3.05) is 65.5 Å². The van der Waals surface area contributed by atoms with Crippen molar-refractivity contribution in [3.63, 3.8) is 0 Å². The van der Waals surface area contributed by atoms with Gasteiger partial charge in [0.05, 0.1) is 6.61 Å². The van der Waals surface area contributed by atoms with Crippen LogP contribution in [0.1, 0.15) is 38.5 Å². The molecule has 0 amide bonds. The summed E-state index contributed by atoms with van der Waals surface area (Å²) in [4.78, 5) is 2.26. The van der Waals surface area contributed by atoms with Gasteiger partial charge >= 0.3 is 0 Å². The van der Waals surface area contributed by atoms with Gasteiger partial charge in [-0.15, -0.1) is 0 Å². The molecule has 1 atom stereocenters. The van der Waals surface area contributed by atoms with Crippen LogP contribution < -0.4 is 21.7 Å². The van der Waals surface area contributed by atoms with Gasteiger partial charge in [-0.1, -0.05) is 12.8 Å². The Morgan fingerprint density at radius 3 is 1.91 bits per heavy atom. The van der Waals surface area contributed by atoms with E-state index in [0.29, 0.717) is 12.6 Å². The number of hydrogen-bond acceptors (Lipinski definition) is 6. The van der Waals surface area contributed by atoms with E-state index in [0.717, 1.165) is 39.3 Å². The standard InChI is InChI=1S/C6H14N2O.C6H14N2.C5H11N/c9-6-5-8-3-1-7-2-4-8;7-5-6-3-1-2-4-8-6;1-2-4-6-5-3-1/h7,9H,1-6H2;6,8H,1-5,7H2;6H,1-5H2. The Morgan fingerprint density at radius 2 is 1.52 bits per heavy atom. The second-order valence-corrected chi connectivity index (χ2v) is 6.51. The highest BCUT2D eigenvalue weighted by Crippen LogP contribution is 2.04. The monoisotopic (exact) mass is 329 g/mol. The molecule has 0 aromatic rings. The fourth-order valence-corrected chi connectivity index (χ4v) is 3.00. The minimum absolute atomic E-state index is 0.292. The molecule has 6 nitrogen and oxygen atoms in total. The number of aliphatic hydroxyl groups is 1. The van der Waals surface area contributed by atoms with E-state index >= 15 is 0 Å². The minimum atomic E-state index is 0.292. The van der Waals surface area contributed by atoms with E-state index < -0.39 is 0 Å². The van der Waals surface area contributed by atoms with Gasteiger partial charge in [0.15, 0.2) is 0 Å². The Balaban J connectivity index is 0.000000176. The number of β-amino-alcohol motifs (C(OH)–C–C–N with tert-alkyl or cyclic N) is 1. The summed E-state index contributed by atoms with van der Waals surface area (Å²) in [5, 5.41) is 18.4. The van der Waals surface area contributed by atoms with Crippen molar-refractivity contribution in [3.8, 4) is 0 Å². The molecule has 6 heteroatoms. The molecule has 138 valence electrons. The molecule has 0 aromatic carbocycles. The molecule has 0 aromatic heterocycles. The van der Waals surface area contributed by atoms with Crippen LogP contribution in [-0.2, 0) is 0 Å². The molecule has 0 saturated carbocycles. The van der Waals surface area contributed by atoms with Crippen LogP contribution in [0.2, 0.25) is 0 Å². The van der Waals surface area contributed by atoms with Gasteiger partial charge in [-0.05, 0) is 45.3 Å². The van der Waals surface area contributed by atoms with Gasteiger partial charge in [0, 0.05) is 45.3 Å². The fourth-order valence-electron chi connectivity index (χ4n) is 3.00.